The molecule has 1 rings (SSSR count). The number of rotatable bonds is 9. The first kappa shape index (κ1) is 23.1. The lowest BCUT2D eigenvalue weighted by atomic mass is 9.95. The second-order valence-corrected chi connectivity index (χ2v) is 6.84. The monoisotopic (exact) mass is 416 g/mol. The quantitative estimate of drug-likeness (QED) is 0.341. The van der Waals surface area contributed by atoms with Crippen LogP contribution in [0, 0.1) is 0 Å². The summed E-state index contributed by atoms with van der Waals surface area (Å²) in [7, 11) is 0. The van der Waals surface area contributed by atoms with Crippen molar-refractivity contribution in [3.05, 3.63) is 33.3 Å². The van der Waals surface area contributed by atoms with Gasteiger partial charge in [-0.3, -0.25) is 19.2 Å². The minimum Gasteiger partial charge on any atom is -0.418 e. The van der Waals surface area contributed by atoms with Crippen molar-refractivity contribution in [1.82, 2.24) is 0 Å². The van der Waals surface area contributed by atoms with Gasteiger partial charge in [0.15, 0.2) is 0 Å². The van der Waals surface area contributed by atoms with Gasteiger partial charge in [0.1, 0.15) is 24.4 Å². The number of halogens is 2. The van der Waals surface area contributed by atoms with Crippen molar-refractivity contribution in [1.29, 1.82) is 0 Å². The van der Waals surface area contributed by atoms with Gasteiger partial charge < -0.3 is 9.47 Å². The fraction of sp³-hybridized carbons (Fsp3) is 0.474. The van der Waals surface area contributed by atoms with Gasteiger partial charge in [0.2, 0.25) is 0 Å². The highest BCUT2D eigenvalue weighted by Crippen LogP contribution is 2.39. The molecule has 0 radical (unpaired) electrons. The summed E-state index contributed by atoms with van der Waals surface area (Å²) in [4.78, 5) is 46.9. The number of carbonyl (C=O) groups excluding carboxylic acids is 4. The number of Topliss-reactive ketones (excluding diaryl/α,β-unsaturated/α-hetero) is 2. The molecule has 1 aromatic carbocycles. The Morgan fingerprint density at radius 1 is 0.926 bits per heavy atom. The molecule has 1 aromatic rings. The van der Waals surface area contributed by atoms with E-state index >= 15 is 0 Å². The maximum Gasteiger partial charge on any atom is 0.316 e. The van der Waals surface area contributed by atoms with E-state index in [0.717, 1.165) is 0 Å². The highest BCUT2D eigenvalue weighted by molar-refractivity contribution is 6.42. The Morgan fingerprint density at radius 2 is 1.41 bits per heavy atom. The van der Waals surface area contributed by atoms with Crippen molar-refractivity contribution >= 4 is 46.7 Å². The zero-order chi connectivity index (χ0) is 20.8. The number of hydrogen-bond acceptors (Lipinski definition) is 6. The van der Waals surface area contributed by atoms with Crippen LogP contribution in [-0.4, -0.2) is 23.5 Å². The molecule has 0 aliphatic rings. The average molecular weight is 417 g/mol. The Balaban J connectivity index is 3.49. The van der Waals surface area contributed by atoms with Gasteiger partial charge in [-0.1, -0.05) is 37.0 Å². The molecule has 8 heteroatoms. The number of esters is 2. The zero-order valence-electron chi connectivity index (χ0n) is 15.7. The summed E-state index contributed by atoms with van der Waals surface area (Å²) in [5, 5.41) is 0.548. The van der Waals surface area contributed by atoms with E-state index in [1.165, 1.54) is 19.9 Å². The van der Waals surface area contributed by atoms with E-state index in [4.69, 9.17) is 32.7 Å². The molecule has 0 N–H and O–H groups in total. The summed E-state index contributed by atoms with van der Waals surface area (Å²) >= 11 is 12.4. The molecular formula is C19H22Cl2O6. The first-order valence-corrected chi connectivity index (χ1v) is 9.21. The van der Waals surface area contributed by atoms with Gasteiger partial charge in [-0.05, 0) is 38.0 Å². The third kappa shape index (κ3) is 6.04. The standard InChI is InChI=1S/C19H22Cl2O6/c1-5-13-14(7-8-15(20)18(13)21)19(6-2,26-16(24)9-11(3)22)27-17(25)10-12(4)23/h7-8H,5-6,9-10H2,1-4H3. The number of carbonyl (C=O) groups is 4. The van der Waals surface area contributed by atoms with Crippen molar-refractivity contribution in [2.24, 2.45) is 0 Å². The molecule has 0 saturated carbocycles. The van der Waals surface area contributed by atoms with Gasteiger partial charge in [0.25, 0.3) is 5.79 Å². The molecular weight excluding hydrogens is 395 g/mol. The molecule has 0 heterocycles. The van der Waals surface area contributed by atoms with E-state index in [9.17, 15) is 19.2 Å². The SMILES string of the molecule is CCc1c(C(CC)(OC(=O)CC(C)=O)OC(=O)CC(C)=O)ccc(Cl)c1Cl. The molecule has 0 fully saturated rings. The molecule has 0 aliphatic carbocycles. The first-order chi connectivity index (χ1) is 12.6. The summed E-state index contributed by atoms with van der Waals surface area (Å²) in [6.45, 7) is 5.95. The lowest BCUT2D eigenvalue weighted by Crippen LogP contribution is -2.39. The van der Waals surface area contributed by atoms with E-state index in [2.05, 4.69) is 0 Å². The molecule has 0 bridgehead atoms. The molecule has 148 valence electrons. The van der Waals surface area contributed by atoms with Crippen molar-refractivity contribution in [2.45, 2.75) is 59.2 Å². The number of ether oxygens (including phenoxy) is 2. The fourth-order valence-electron chi connectivity index (χ4n) is 2.61. The van der Waals surface area contributed by atoms with E-state index in [1.807, 2.05) is 6.92 Å². The van der Waals surface area contributed by atoms with E-state index in [0.29, 0.717) is 22.6 Å². The van der Waals surface area contributed by atoms with Gasteiger partial charge in [0.05, 0.1) is 10.0 Å². The summed E-state index contributed by atoms with van der Waals surface area (Å²) in [5.74, 6) is -4.32. The van der Waals surface area contributed by atoms with E-state index in [-0.39, 0.29) is 11.4 Å². The number of ketones is 2. The van der Waals surface area contributed by atoms with Crippen LogP contribution in [0.1, 0.15) is 58.1 Å². The summed E-state index contributed by atoms with van der Waals surface area (Å²) in [6.07, 6.45) is -0.486. The number of benzene rings is 1. The largest absolute Gasteiger partial charge is 0.418 e. The van der Waals surface area contributed by atoms with Gasteiger partial charge in [0, 0.05) is 12.0 Å². The van der Waals surface area contributed by atoms with Crippen molar-refractivity contribution in [2.75, 3.05) is 0 Å². The van der Waals surface area contributed by atoms with Crippen molar-refractivity contribution in [3.8, 4) is 0 Å². The van der Waals surface area contributed by atoms with Gasteiger partial charge in [-0.25, -0.2) is 0 Å². The molecule has 0 saturated heterocycles. The van der Waals surface area contributed by atoms with Crippen molar-refractivity contribution < 1.29 is 28.7 Å². The summed E-state index contributed by atoms with van der Waals surface area (Å²) < 4.78 is 10.9. The lowest BCUT2D eigenvalue weighted by Gasteiger charge is -2.34. The predicted molar refractivity (Wildman–Crippen MR) is 101 cm³/mol. The van der Waals surface area contributed by atoms with E-state index in [1.54, 1.807) is 13.0 Å². The maximum atomic E-state index is 12.2. The van der Waals surface area contributed by atoms with Crippen LogP contribution in [0.2, 0.25) is 10.0 Å². The Hall–Kier alpha value is -1.92. The fourth-order valence-corrected chi connectivity index (χ4v) is 3.08. The Labute approximate surface area is 168 Å². The lowest BCUT2D eigenvalue weighted by molar-refractivity contribution is -0.235. The molecule has 0 atom stereocenters. The molecule has 0 aromatic heterocycles. The minimum atomic E-state index is -1.82. The summed E-state index contributed by atoms with van der Waals surface area (Å²) in [6, 6.07) is 3.05. The maximum absolute atomic E-state index is 12.2. The van der Waals surface area contributed by atoms with Crippen LogP contribution < -0.4 is 0 Å². The van der Waals surface area contributed by atoms with Crippen LogP contribution in [0.25, 0.3) is 0 Å². The van der Waals surface area contributed by atoms with Gasteiger partial charge in [-0.2, -0.15) is 0 Å². The highest BCUT2D eigenvalue weighted by atomic mass is 35.5. The van der Waals surface area contributed by atoms with Crippen LogP contribution in [0.15, 0.2) is 12.1 Å². The third-order valence-corrected chi connectivity index (χ3v) is 4.61. The molecule has 6 nitrogen and oxygen atoms in total. The normalized spacial score (nSPS) is 11.0. The average Bonchev–Trinajstić information content (AvgIpc) is 2.54. The molecule has 27 heavy (non-hydrogen) atoms. The molecule has 0 amide bonds. The minimum absolute atomic E-state index is 0.0469. The van der Waals surface area contributed by atoms with Crippen molar-refractivity contribution in [3.63, 3.8) is 0 Å². The third-order valence-electron chi connectivity index (χ3n) is 3.77. The first-order valence-electron chi connectivity index (χ1n) is 8.46. The zero-order valence-corrected chi connectivity index (χ0v) is 17.2. The second-order valence-electron chi connectivity index (χ2n) is 6.05. The second kappa shape index (κ2) is 9.85. The topological polar surface area (TPSA) is 86.7 Å². The number of hydrogen-bond donors (Lipinski definition) is 0. The van der Waals surface area contributed by atoms with E-state index < -0.39 is 42.1 Å². The van der Waals surface area contributed by atoms with Crippen LogP contribution in [0.4, 0.5) is 0 Å². The van der Waals surface area contributed by atoms with Crippen LogP contribution >= 0.6 is 23.2 Å². The predicted octanol–water partition coefficient (Wildman–Crippen LogP) is 4.16. The smallest absolute Gasteiger partial charge is 0.316 e. The summed E-state index contributed by atoms with van der Waals surface area (Å²) in [5.41, 5.74) is 0.882. The molecule has 0 spiro atoms. The van der Waals surface area contributed by atoms with Crippen LogP contribution in [-0.2, 0) is 40.9 Å². The van der Waals surface area contributed by atoms with Gasteiger partial charge in [-0.15, -0.1) is 0 Å². The molecule has 0 aliphatic heterocycles. The Kier molecular flexibility index (Phi) is 8.44. The van der Waals surface area contributed by atoms with Gasteiger partial charge >= 0.3 is 11.9 Å². The Bertz CT molecular complexity index is 727. The highest BCUT2D eigenvalue weighted by Gasteiger charge is 2.41. The molecule has 0 unspecified atom stereocenters. The van der Waals surface area contributed by atoms with Crippen LogP contribution in [0.5, 0.6) is 0 Å². The Morgan fingerprint density at radius 3 is 1.78 bits per heavy atom. The van der Waals surface area contributed by atoms with Crippen LogP contribution in [0.3, 0.4) is 0 Å².